The average Bonchev–Trinajstić information content (AvgIpc) is 1.25. The number of Topliss-reactive ketones (excluding diaryl/α,β-unsaturated/α-hetero) is 1. The van der Waals surface area contributed by atoms with Crippen molar-refractivity contribution in [3.63, 3.8) is 0 Å². The Morgan fingerprint density at radius 3 is 1.11 bits per heavy atom. The summed E-state index contributed by atoms with van der Waals surface area (Å²) in [5, 5.41) is 0. The van der Waals surface area contributed by atoms with E-state index in [1.165, 1.54) is 13.8 Å². The maximum absolute atomic E-state index is 10.4. The van der Waals surface area contributed by atoms with E-state index in [1.807, 2.05) is 0 Å². The molecule has 4 heteroatoms. The Morgan fingerprint density at radius 2 is 1.11 bits per heavy atom. The van der Waals surface area contributed by atoms with Gasteiger partial charge in [0.25, 0.3) is 6.04 Å². The third-order valence-electron chi connectivity index (χ3n) is 0. The molecule has 9 heavy (non-hydrogen) atoms. The van der Waals surface area contributed by atoms with Gasteiger partial charge in [0.05, 0.1) is 0 Å². The Labute approximate surface area is 67.5 Å². The molecule has 0 aromatic heterocycles. The number of ketones is 1. The molecular weight excluding hydrogens is 217 g/mol. The van der Waals surface area contributed by atoms with Gasteiger partial charge in [-0.05, 0) is 13.8 Å². The first kappa shape index (κ1) is 16.0. The van der Waals surface area contributed by atoms with E-state index >= 15 is 0 Å². The molecule has 0 amide bonds. The van der Waals surface area contributed by atoms with Crippen LogP contribution in [0.25, 0.3) is 0 Å². The van der Waals surface area contributed by atoms with Crippen molar-refractivity contribution in [2.45, 2.75) is 20.8 Å². The monoisotopic (exact) mass is 226 g/mol. The molecule has 0 spiro atoms. The second kappa shape index (κ2) is 10.8. The molecule has 0 heterocycles. The Balaban J connectivity index is -0.0000000720. The topological polar surface area (TPSA) is 34.1 Å². The quantitative estimate of drug-likeness (QED) is 0.458. The Morgan fingerprint density at radius 1 is 1.11 bits per heavy atom. The van der Waals surface area contributed by atoms with Crippen molar-refractivity contribution in [3.8, 4) is 0 Å². The Kier molecular flexibility index (Phi) is 19.2. The summed E-state index contributed by atoms with van der Waals surface area (Å²) >= 11 is 0. The molecule has 0 radical (unpaired) electrons. The summed E-state index contributed by atoms with van der Waals surface area (Å²) in [6.45, 7) is 3.92. The largest absolute Gasteiger partial charge is 0.300 e. The fourth-order valence-electron chi connectivity index (χ4n) is 0. The van der Waals surface area contributed by atoms with Crippen molar-refractivity contribution >= 4 is 11.8 Å². The van der Waals surface area contributed by atoms with E-state index < -0.39 is 6.04 Å². The van der Waals surface area contributed by atoms with Crippen LogP contribution in [0.1, 0.15) is 20.8 Å². The van der Waals surface area contributed by atoms with E-state index in [9.17, 15) is 9.18 Å². The molecule has 0 unspecified atom stereocenters. The van der Waals surface area contributed by atoms with Crippen LogP contribution in [-0.4, -0.2) is 11.8 Å². The molecule has 0 rings (SSSR count). The van der Waals surface area contributed by atoms with Gasteiger partial charge in [-0.25, -0.2) is 0 Å². The molecule has 0 aliphatic rings. The maximum atomic E-state index is 10.4. The Hall–Kier alpha value is -0.0677. The first-order valence-corrected chi connectivity index (χ1v) is 2.10. The van der Waals surface area contributed by atoms with Crippen molar-refractivity contribution in [2.24, 2.45) is 0 Å². The molecule has 0 fully saturated rings. The van der Waals surface area contributed by atoms with Crippen LogP contribution in [0, 0.1) is 0 Å². The van der Waals surface area contributed by atoms with Crippen LogP contribution in [0.2, 0.25) is 0 Å². The third-order valence-corrected chi connectivity index (χ3v) is 0. The molecule has 0 aliphatic carbocycles. The van der Waals surface area contributed by atoms with Crippen LogP contribution >= 0.6 is 0 Å². The number of carbonyl (C=O) groups excluding carboxylic acids is 2. The van der Waals surface area contributed by atoms with E-state index in [2.05, 4.69) is 0 Å². The SMILES string of the molecule is CC(=O)F.CC(C)=O.[Pd]. The van der Waals surface area contributed by atoms with E-state index in [-0.39, 0.29) is 26.2 Å². The normalized spacial score (nSPS) is 5.78. The van der Waals surface area contributed by atoms with Crippen LogP contribution in [0.15, 0.2) is 0 Å². The van der Waals surface area contributed by atoms with Gasteiger partial charge in [-0.3, -0.25) is 4.79 Å². The first-order chi connectivity index (χ1) is 3.46. The molecule has 0 aromatic carbocycles. The molecule has 2 nitrogen and oxygen atoms in total. The minimum Gasteiger partial charge on any atom is -0.300 e. The van der Waals surface area contributed by atoms with Gasteiger partial charge < -0.3 is 4.79 Å². The van der Waals surface area contributed by atoms with Crippen LogP contribution < -0.4 is 0 Å². The summed E-state index contributed by atoms with van der Waals surface area (Å²) in [5.74, 6) is 0.167. The minimum absolute atomic E-state index is 0. The molecule has 0 saturated heterocycles. The number of rotatable bonds is 0. The molecule has 0 aromatic rings. The van der Waals surface area contributed by atoms with Crippen LogP contribution in [0.5, 0.6) is 0 Å². The molecule has 0 atom stereocenters. The number of hydrogen-bond donors (Lipinski definition) is 0. The second-order valence-electron chi connectivity index (χ2n) is 1.38. The van der Waals surface area contributed by atoms with E-state index in [4.69, 9.17) is 4.79 Å². The van der Waals surface area contributed by atoms with Gasteiger partial charge >= 0.3 is 0 Å². The average molecular weight is 227 g/mol. The second-order valence-corrected chi connectivity index (χ2v) is 1.38. The van der Waals surface area contributed by atoms with Crippen molar-refractivity contribution < 1.29 is 34.4 Å². The molecule has 0 N–H and O–H groups in total. The maximum Gasteiger partial charge on any atom is 0.298 e. The molecule has 58 valence electrons. The zero-order chi connectivity index (χ0) is 7.15. The van der Waals surface area contributed by atoms with Gasteiger partial charge in [-0.1, -0.05) is 0 Å². The number of halogens is 1. The van der Waals surface area contributed by atoms with Crippen molar-refractivity contribution in [3.05, 3.63) is 0 Å². The third kappa shape index (κ3) is 61000. The van der Waals surface area contributed by atoms with Crippen molar-refractivity contribution in [1.82, 2.24) is 0 Å². The fraction of sp³-hybridized carbons (Fsp3) is 0.600. The van der Waals surface area contributed by atoms with Crippen molar-refractivity contribution in [2.75, 3.05) is 0 Å². The summed E-state index contributed by atoms with van der Waals surface area (Å²) in [5.41, 5.74) is 0. The summed E-state index contributed by atoms with van der Waals surface area (Å²) in [4.78, 5) is 18.2. The molecule has 0 aliphatic heterocycles. The van der Waals surface area contributed by atoms with Gasteiger partial charge in [-0.15, -0.1) is 0 Å². The standard InChI is InChI=1S/C3H6O.C2H3FO.Pd/c1-3(2)4;1-2(3)4;/h1-2H3;1H3;. The smallest absolute Gasteiger partial charge is 0.298 e. The summed E-state index contributed by atoms with van der Waals surface area (Å²) in [6.07, 6.45) is 0. The van der Waals surface area contributed by atoms with E-state index in [0.717, 1.165) is 6.92 Å². The number of carbonyl (C=O) groups is 2. The molecular formula is C5H9FO2Pd. The Bertz CT molecular complexity index is 73.0. The number of hydrogen-bond acceptors (Lipinski definition) is 2. The van der Waals surface area contributed by atoms with E-state index in [0.29, 0.717) is 0 Å². The van der Waals surface area contributed by atoms with Gasteiger partial charge in [0.1, 0.15) is 5.78 Å². The predicted molar refractivity (Wildman–Crippen MR) is 28.1 cm³/mol. The zero-order valence-electron chi connectivity index (χ0n) is 5.51. The van der Waals surface area contributed by atoms with Gasteiger partial charge in [0, 0.05) is 27.3 Å². The first-order valence-electron chi connectivity index (χ1n) is 2.10. The van der Waals surface area contributed by atoms with Gasteiger partial charge in [0.15, 0.2) is 0 Å². The fourth-order valence-corrected chi connectivity index (χ4v) is 0. The van der Waals surface area contributed by atoms with Crippen LogP contribution in [0.4, 0.5) is 4.39 Å². The van der Waals surface area contributed by atoms with Gasteiger partial charge in [-0.2, -0.15) is 4.39 Å². The van der Waals surface area contributed by atoms with Crippen LogP contribution in [-0.2, 0) is 30.0 Å². The summed E-state index contributed by atoms with van der Waals surface area (Å²) < 4.78 is 10.4. The zero-order valence-corrected chi connectivity index (χ0v) is 7.07. The molecule has 0 saturated carbocycles. The van der Waals surface area contributed by atoms with Crippen molar-refractivity contribution in [1.29, 1.82) is 0 Å². The van der Waals surface area contributed by atoms with Gasteiger partial charge in [0.2, 0.25) is 0 Å². The minimum atomic E-state index is -1.33. The molecule has 0 bridgehead atoms. The summed E-state index contributed by atoms with van der Waals surface area (Å²) in [6, 6.07) is -1.33. The predicted octanol–water partition coefficient (Wildman–Crippen LogP) is 1.10. The van der Waals surface area contributed by atoms with E-state index in [1.54, 1.807) is 0 Å². The summed E-state index contributed by atoms with van der Waals surface area (Å²) in [7, 11) is 0. The van der Waals surface area contributed by atoms with Crippen LogP contribution in [0.3, 0.4) is 0 Å².